The van der Waals surface area contributed by atoms with Crippen LogP contribution in [0.4, 0.5) is 0 Å². The maximum atomic E-state index is 12.6. The highest BCUT2D eigenvalue weighted by Gasteiger charge is 2.21. The Morgan fingerprint density at radius 3 is 2.57 bits per heavy atom. The molecule has 1 aliphatic rings. The molecule has 21 heavy (non-hydrogen) atoms. The van der Waals surface area contributed by atoms with Crippen molar-refractivity contribution in [2.45, 2.75) is 25.7 Å². The second kappa shape index (κ2) is 6.20. The van der Waals surface area contributed by atoms with Crippen LogP contribution in [0.1, 0.15) is 36.2 Å². The first-order valence-electron chi connectivity index (χ1n) is 7.24. The summed E-state index contributed by atoms with van der Waals surface area (Å²) in [6.07, 6.45) is 4.60. The smallest absolute Gasteiger partial charge is 0.274 e. The third-order valence-electron chi connectivity index (χ3n) is 3.82. The van der Waals surface area contributed by atoms with Crippen LogP contribution in [0, 0.1) is 0 Å². The van der Waals surface area contributed by atoms with E-state index in [1.165, 1.54) is 24.2 Å². The summed E-state index contributed by atoms with van der Waals surface area (Å²) >= 11 is 7.48. The molecule has 1 amide bonds. The molecule has 1 aliphatic heterocycles. The lowest BCUT2D eigenvalue weighted by atomic mass is 10.2. The molecule has 0 aromatic carbocycles. The van der Waals surface area contributed by atoms with Gasteiger partial charge in [0.05, 0.1) is 14.9 Å². The molecule has 0 radical (unpaired) electrons. The average molecular weight is 324 g/mol. The first-order chi connectivity index (χ1) is 10.1. The van der Waals surface area contributed by atoms with E-state index in [2.05, 4.69) is 5.10 Å². The number of likely N-dealkylation sites (tertiary alicyclic amines) is 1. The number of thiophene rings is 1. The number of amides is 1. The fourth-order valence-corrected chi connectivity index (χ4v) is 3.78. The van der Waals surface area contributed by atoms with Gasteiger partial charge in [0.1, 0.15) is 0 Å². The predicted molar refractivity (Wildman–Crippen MR) is 85.9 cm³/mol. The average Bonchev–Trinajstić information content (AvgIpc) is 2.94. The molecular weight excluding hydrogens is 306 g/mol. The summed E-state index contributed by atoms with van der Waals surface area (Å²) in [5.74, 6) is 0.0430. The zero-order valence-corrected chi connectivity index (χ0v) is 13.6. The molecule has 1 fully saturated rings. The second-order valence-electron chi connectivity index (χ2n) is 5.35. The van der Waals surface area contributed by atoms with Crippen molar-refractivity contribution in [1.82, 2.24) is 14.7 Å². The van der Waals surface area contributed by atoms with Crippen molar-refractivity contribution in [2.24, 2.45) is 7.05 Å². The van der Waals surface area contributed by atoms with Gasteiger partial charge in [0.15, 0.2) is 5.69 Å². The number of rotatable bonds is 2. The molecular formula is C15H18ClN3OS. The minimum absolute atomic E-state index is 0.0430. The first kappa shape index (κ1) is 14.6. The van der Waals surface area contributed by atoms with Crippen LogP contribution in [0.25, 0.3) is 10.6 Å². The van der Waals surface area contributed by atoms with E-state index in [0.717, 1.165) is 40.8 Å². The Morgan fingerprint density at radius 1 is 1.24 bits per heavy atom. The molecule has 0 bridgehead atoms. The van der Waals surface area contributed by atoms with Crippen LogP contribution < -0.4 is 0 Å². The molecule has 0 aliphatic carbocycles. The fourth-order valence-electron chi connectivity index (χ4n) is 2.69. The van der Waals surface area contributed by atoms with Crippen LogP contribution in [0.2, 0.25) is 4.34 Å². The van der Waals surface area contributed by atoms with Crippen LogP contribution in [-0.4, -0.2) is 33.7 Å². The highest BCUT2D eigenvalue weighted by atomic mass is 35.5. The summed E-state index contributed by atoms with van der Waals surface area (Å²) < 4.78 is 2.50. The van der Waals surface area contributed by atoms with E-state index in [1.54, 1.807) is 4.68 Å². The van der Waals surface area contributed by atoms with Crippen LogP contribution in [0.15, 0.2) is 18.2 Å². The molecule has 0 spiro atoms. The topological polar surface area (TPSA) is 38.1 Å². The number of halogens is 1. The molecule has 112 valence electrons. The van der Waals surface area contributed by atoms with Crippen LogP contribution in [0.3, 0.4) is 0 Å². The Morgan fingerprint density at radius 2 is 1.95 bits per heavy atom. The van der Waals surface area contributed by atoms with Crippen molar-refractivity contribution >= 4 is 28.8 Å². The minimum atomic E-state index is 0.0430. The predicted octanol–water partition coefficient (Wildman–Crippen LogP) is 3.82. The van der Waals surface area contributed by atoms with Gasteiger partial charge in [-0.2, -0.15) is 5.10 Å². The van der Waals surface area contributed by atoms with E-state index in [4.69, 9.17) is 11.6 Å². The quantitative estimate of drug-likeness (QED) is 0.842. The van der Waals surface area contributed by atoms with Gasteiger partial charge in [0.2, 0.25) is 0 Å². The van der Waals surface area contributed by atoms with Gasteiger partial charge in [-0.3, -0.25) is 9.48 Å². The van der Waals surface area contributed by atoms with E-state index in [1.807, 2.05) is 30.1 Å². The zero-order valence-electron chi connectivity index (χ0n) is 12.0. The largest absolute Gasteiger partial charge is 0.337 e. The number of nitrogens with zero attached hydrogens (tertiary/aromatic N) is 3. The second-order valence-corrected chi connectivity index (χ2v) is 7.06. The highest BCUT2D eigenvalue weighted by Crippen LogP contribution is 2.31. The molecule has 0 atom stereocenters. The van der Waals surface area contributed by atoms with Gasteiger partial charge < -0.3 is 4.90 Å². The third kappa shape index (κ3) is 3.14. The summed E-state index contributed by atoms with van der Waals surface area (Å²) in [7, 11) is 1.86. The van der Waals surface area contributed by atoms with Crippen molar-refractivity contribution < 1.29 is 4.79 Å². The first-order valence-corrected chi connectivity index (χ1v) is 8.43. The number of aromatic nitrogens is 2. The molecule has 1 saturated heterocycles. The summed E-state index contributed by atoms with van der Waals surface area (Å²) in [4.78, 5) is 15.5. The van der Waals surface area contributed by atoms with Crippen LogP contribution in [-0.2, 0) is 7.05 Å². The van der Waals surface area contributed by atoms with Crippen molar-refractivity contribution in [1.29, 1.82) is 0 Å². The van der Waals surface area contributed by atoms with E-state index in [-0.39, 0.29) is 5.91 Å². The third-order valence-corrected chi connectivity index (χ3v) is 5.07. The molecule has 0 unspecified atom stereocenters. The van der Waals surface area contributed by atoms with E-state index in [9.17, 15) is 4.79 Å². The molecule has 6 heteroatoms. The Bertz CT molecular complexity index is 641. The van der Waals surface area contributed by atoms with E-state index in [0.29, 0.717) is 5.69 Å². The van der Waals surface area contributed by atoms with Crippen molar-refractivity contribution in [3.05, 3.63) is 28.2 Å². The summed E-state index contributed by atoms with van der Waals surface area (Å²) in [6, 6.07) is 5.70. The van der Waals surface area contributed by atoms with Gasteiger partial charge in [-0.05, 0) is 31.0 Å². The highest BCUT2D eigenvalue weighted by molar-refractivity contribution is 7.19. The maximum Gasteiger partial charge on any atom is 0.274 e. The van der Waals surface area contributed by atoms with Gasteiger partial charge in [-0.1, -0.05) is 24.4 Å². The summed E-state index contributed by atoms with van der Waals surface area (Å²) in [5, 5.41) is 4.39. The van der Waals surface area contributed by atoms with Crippen LogP contribution >= 0.6 is 22.9 Å². The molecule has 0 saturated carbocycles. The molecule has 2 aromatic heterocycles. The lowest BCUT2D eigenvalue weighted by Crippen LogP contribution is -2.32. The number of aryl methyl sites for hydroxylation is 1. The fraction of sp³-hybridized carbons (Fsp3) is 0.467. The van der Waals surface area contributed by atoms with Gasteiger partial charge in [-0.15, -0.1) is 11.3 Å². The molecule has 0 N–H and O–H groups in total. The lowest BCUT2D eigenvalue weighted by Gasteiger charge is -2.18. The zero-order chi connectivity index (χ0) is 14.8. The van der Waals surface area contributed by atoms with Crippen molar-refractivity contribution in [3.8, 4) is 10.6 Å². The summed E-state index contributed by atoms with van der Waals surface area (Å²) in [6.45, 7) is 1.69. The maximum absolute atomic E-state index is 12.6. The number of hydrogen-bond acceptors (Lipinski definition) is 3. The SMILES string of the molecule is Cn1nc(C(=O)N2CCCCCC2)cc1-c1ccc(Cl)s1. The van der Waals surface area contributed by atoms with Gasteiger partial charge >= 0.3 is 0 Å². The van der Waals surface area contributed by atoms with Gasteiger partial charge in [-0.25, -0.2) is 0 Å². The Labute approximate surface area is 133 Å². The number of carbonyl (C=O) groups is 1. The van der Waals surface area contributed by atoms with Crippen LogP contribution in [0.5, 0.6) is 0 Å². The standard InChI is InChI=1S/C15H18ClN3OS/c1-18-12(13-6-7-14(16)21-13)10-11(17-18)15(20)19-8-4-2-3-5-9-19/h6-7,10H,2-5,8-9H2,1H3. The molecule has 2 aromatic rings. The Balaban J connectivity index is 1.84. The molecule has 3 rings (SSSR count). The van der Waals surface area contributed by atoms with Crippen molar-refractivity contribution in [2.75, 3.05) is 13.1 Å². The normalized spacial score (nSPS) is 16.0. The minimum Gasteiger partial charge on any atom is -0.337 e. The summed E-state index contributed by atoms with van der Waals surface area (Å²) in [5.41, 5.74) is 1.46. The Hall–Kier alpha value is -1.33. The van der Waals surface area contributed by atoms with E-state index >= 15 is 0 Å². The number of carbonyl (C=O) groups excluding carboxylic acids is 1. The van der Waals surface area contributed by atoms with Crippen molar-refractivity contribution in [3.63, 3.8) is 0 Å². The number of hydrogen-bond donors (Lipinski definition) is 0. The van der Waals surface area contributed by atoms with Gasteiger partial charge in [0.25, 0.3) is 5.91 Å². The Kier molecular flexibility index (Phi) is 4.31. The molecule has 3 heterocycles. The van der Waals surface area contributed by atoms with E-state index < -0.39 is 0 Å². The lowest BCUT2D eigenvalue weighted by molar-refractivity contribution is 0.0755. The van der Waals surface area contributed by atoms with Gasteiger partial charge in [0, 0.05) is 20.1 Å². The molecule has 4 nitrogen and oxygen atoms in total. The monoisotopic (exact) mass is 323 g/mol.